The summed E-state index contributed by atoms with van der Waals surface area (Å²) >= 11 is 0. The maximum absolute atomic E-state index is 10.1. The Morgan fingerprint density at radius 3 is 2.44 bits per heavy atom. The number of aliphatic hydroxyl groups is 1. The van der Waals surface area contributed by atoms with Gasteiger partial charge < -0.3 is 14.7 Å². The van der Waals surface area contributed by atoms with E-state index in [9.17, 15) is 5.11 Å². The van der Waals surface area contributed by atoms with Crippen molar-refractivity contribution in [1.82, 2.24) is 4.90 Å². The van der Waals surface area contributed by atoms with Gasteiger partial charge in [0.1, 0.15) is 0 Å². The van der Waals surface area contributed by atoms with Crippen LogP contribution in [0.4, 0.5) is 0 Å². The van der Waals surface area contributed by atoms with E-state index in [2.05, 4.69) is 25.8 Å². The van der Waals surface area contributed by atoms with Crippen LogP contribution in [0.15, 0.2) is 24.3 Å². The average molecular weight is 251 g/mol. The minimum atomic E-state index is -0.386. The summed E-state index contributed by atoms with van der Waals surface area (Å²) in [5.41, 5.74) is 2.21. The molecule has 0 spiro atoms. The molecule has 1 aromatic rings. The molecular weight excluding hydrogens is 226 g/mol. The minimum Gasteiger partial charge on any atom is -0.388 e. The summed E-state index contributed by atoms with van der Waals surface area (Å²) in [6.07, 6.45) is 0.357. The van der Waals surface area contributed by atoms with Gasteiger partial charge in [0.05, 0.1) is 12.7 Å². The molecule has 0 saturated heterocycles. The molecule has 2 unspecified atom stereocenters. The fourth-order valence-electron chi connectivity index (χ4n) is 1.87. The van der Waals surface area contributed by atoms with Crippen LogP contribution in [0.1, 0.15) is 30.6 Å². The second-order valence-electron chi connectivity index (χ2n) is 5.00. The maximum atomic E-state index is 10.1. The lowest BCUT2D eigenvalue weighted by Gasteiger charge is -2.25. The standard InChI is InChI=1S/C15H25NO2/c1-12-5-7-14(8-6-12)15(17)9-10-16(3)13(2)11-18-4/h5-8,13,15,17H,9-11H2,1-4H3. The molecule has 2 atom stereocenters. The highest BCUT2D eigenvalue weighted by atomic mass is 16.5. The molecule has 0 heterocycles. The third-order valence-corrected chi connectivity index (χ3v) is 3.38. The molecule has 0 aliphatic carbocycles. The van der Waals surface area contributed by atoms with Crippen molar-refractivity contribution in [3.8, 4) is 0 Å². The number of nitrogens with zero attached hydrogens (tertiary/aromatic N) is 1. The van der Waals surface area contributed by atoms with Gasteiger partial charge in [-0.25, -0.2) is 0 Å². The number of benzene rings is 1. The molecule has 0 aliphatic heterocycles. The Bertz CT molecular complexity index is 337. The van der Waals surface area contributed by atoms with Gasteiger partial charge in [0, 0.05) is 19.7 Å². The number of likely N-dealkylation sites (N-methyl/N-ethyl adjacent to an activating group) is 1. The Morgan fingerprint density at radius 1 is 1.28 bits per heavy atom. The first-order valence-corrected chi connectivity index (χ1v) is 6.48. The van der Waals surface area contributed by atoms with Crippen molar-refractivity contribution in [2.24, 2.45) is 0 Å². The summed E-state index contributed by atoms with van der Waals surface area (Å²) in [6, 6.07) is 8.45. The van der Waals surface area contributed by atoms with Crippen molar-refractivity contribution in [1.29, 1.82) is 0 Å². The van der Waals surface area contributed by atoms with Crippen LogP contribution in [0.3, 0.4) is 0 Å². The van der Waals surface area contributed by atoms with Crippen LogP contribution in [0.5, 0.6) is 0 Å². The number of ether oxygens (including phenoxy) is 1. The van der Waals surface area contributed by atoms with E-state index in [1.165, 1.54) is 5.56 Å². The van der Waals surface area contributed by atoms with E-state index in [0.29, 0.717) is 6.04 Å². The maximum Gasteiger partial charge on any atom is 0.0802 e. The Kier molecular flexibility index (Phi) is 6.33. The molecule has 0 fully saturated rings. The van der Waals surface area contributed by atoms with E-state index in [1.54, 1.807) is 7.11 Å². The molecule has 102 valence electrons. The van der Waals surface area contributed by atoms with E-state index in [4.69, 9.17) is 4.74 Å². The lowest BCUT2D eigenvalue weighted by molar-refractivity contribution is 0.0960. The van der Waals surface area contributed by atoms with E-state index in [0.717, 1.165) is 25.1 Å². The zero-order chi connectivity index (χ0) is 13.5. The van der Waals surface area contributed by atoms with Gasteiger partial charge in [-0.2, -0.15) is 0 Å². The number of rotatable bonds is 7. The predicted molar refractivity (Wildman–Crippen MR) is 74.7 cm³/mol. The molecule has 0 radical (unpaired) electrons. The molecule has 1 aromatic carbocycles. The van der Waals surface area contributed by atoms with Gasteiger partial charge in [0.25, 0.3) is 0 Å². The summed E-state index contributed by atoms with van der Waals surface area (Å²) in [6.45, 7) is 5.76. The molecule has 0 aromatic heterocycles. The van der Waals surface area contributed by atoms with Crippen molar-refractivity contribution in [2.75, 3.05) is 27.3 Å². The first kappa shape index (κ1) is 15.2. The van der Waals surface area contributed by atoms with Crippen molar-refractivity contribution in [2.45, 2.75) is 32.4 Å². The number of methoxy groups -OCH3 is 1. The van der Waals surface area contributed by atoms with E-state index in [1.807, 2.05) is 24.3 Å². The van der Waals surface area contributed by atoms with Gasteiger partial charge in [-0.05, 0) is 32.9 Å². The Balaban J connectivity index is 2.41. The minimum absolute atomic E-state index is 0.375. The van der Waals surface area contributed by atoms with Crippen LogP contribution in [0, 0.1) is 6.92 Å². The highest BCUT2D eigenvalue weighted by Crippen LogP contribution is 2.17. The van der Waals surface area contributed by atoms with Crippen LogP contribution in [-0.4, -0.2) is 43.4 Å². The number of aryl methyl sites for hydroxylation is 1. The van der Waals surface area contributed by atoms with E-state index >= 15 is 0 Å². The summed E-state index contributed by atoms with van der Waals surface area (Å²) in [7, 11) is 3.77. The smallest absolute Gasteiger partial charge is 0.0802 e. The van der Waals surface area contributed by atoms with Gasteiger partial charge in [-0.1, -0.05) is 29.8 Å². The van der Waals surface area contributed by atoms with Crippen LogP contribution in [0.25, 0.3) is 0 Å². The van der Waals surface area contributed by atoms with E-state index < -0.39 is 0 Å². The first-order chi connectivity index (χ1) is 8.54. The van der Waals surface area contributed by atoms with Gasteiger partial charge in [0.15, 0.2) is 0 Å². The van der Waals surface area contributed by atoms with Crippen molar-refractivity contribution in [3.63, 3.8) is 0 Å². The van der Waals surface area contributed by atoms with Crippen molar-refractivity contribution in [3.05, 3.63) is 35.4 Å². The summed E-state index contributed by atoms with van der Waals surface area (Å²) in [5.74, 6) is 0. The third-order valence-electron chi connectivity index (χ3n) is 3.38. The zero-order valence-electron chi connectivity index (χ0n) is 11.9. The quantitative estimate of drug-likeness (QED) is 0.807. The third kappa shape index (κ3) is 4.77. The summed E-state index contributed by atoms with van der Waals surface area (Å²) in [4.78, 5) is 2.21. The van der Waals surface area contributed by atoms with E-state index in [-0.39, 0.29) is 6.10 Å². The molecule has 0 aliphatic rings. The first-order valence-electron chi connectivity index (χ1n) is 6.48. The van der Waals surface area contributed by atoms with Gasteiger partial charge in [-0.3, -0.25) is 0 Å². The molecular formula is C15H25NO2. The monoisotopic (exact) mass is 251 g/mol. The summed E-state index contributed by atoms with van der Waals surface area (Å²) < 4.78 is 5.13. The Morgan fingerprint density at radius 2 is 1.89 bits per heavy atom. The fraction of sp³-hybridized carbons (Fsp3) is 0.600. The molecule has 3 heteroatoms. The van der Waals surface area contributed by atoms with Gasteiger partial charge >= 0.3 is 0 Å². The second kappa shape index (κ2) is 7.52. The lowest BCUT2D eigenvalue weighted by atomic mass is 10.0. The molecule has 0 bridgehead atoms. The zero-order valence-corrected chi connectivity index (χ0v) is 11.9. The van der Waals surface area contributed by atoms with Crippen molar-refractivity contribution < 1.29 is 9.84 Å². The SMILES string of the molecule is COCC(C)N(C)CCC(O)c1ccc(C)cc1. The molecule has 0 amide bonds. The van der Waals surface area contributed by atoms with Crippen LogP contribution in [0.2, 0.25) is 0 Å². The Labute approximate surface area is 110 Å². The fourth-order valence-corrected chi connectivity index (χ4v) is 1.87. The molecule has 1 rings (SSSR count). The highest BCUT2D eigenvalue weighted by Gasteiger charge is 2.12. The molecule has 18 heavy (non-hydrogen) atoms. The van der Waals surface area contributed by atoms with Crippen molar-refractivity contribution >= 4 is 0 Å². The van der Waals surface area contributed by atoms with Crippen LogP contribution in [-0.2, 0) is 4.74 Å². The Hall–Kier alpha value is -0.900. The topological polar surface area (TPSA) is 32.7 Å². The van der Waals surface area contributed by atoms with Gasteiger partial charge in [0.2, 0.25) is 0 Å². The summed E-state index contributed by atoms with van der Waals surface area (Å²) in [5, 5.41) is 10.1. The van der Waals surface area contributed by atoms with Crippen LogP contribution >= 0.6 is 0 Å². The predicted octanol–water partition coefficient (Wildman–Crippen LogP) is 2.39. The number of hydrogen-bond donors (Lipinski definition) is 1. The number of aliphatic hydroxyl groups excluding tert-OH is 1. The average Bonchev–Trinajstić information content (AvgIpc) is 2.36. The van der Waals surface area contributed by atoms with Gasteiger partial charge in [-0.15, -0.1) is 0 Å². The second-order valence-corrected chi connectivity index (χ2v) is 5.00. The largest absolute Gasteiger partial charge is 0.388 e. The normalized spacial score (nSPS) is 14.8. The van der Waals surface area contributed by atoms with Crippen LogP contribution < -0.4 is 0 Å². The molecule has 1 N–H and O–H groups in total. The molecule has 0 saturated carbocycles. The number of hydrogen-bond acceptors (Lipinski definition) is 3. The highest BCUT2D eigenvalue weighted by molar-refractivity contribution is 5.22. The molecule has 3 nitrogen and oxygen atoms in total. The lowest BCUT2D eigenvalue weighted by Crippen LogP contribution is -2.34.